The first-order valence-corrected chi connectivity index (χ1v) is 10.9. The number of carbonyl (C=O) groups is 2. The number of amides is 2. The van der Waals surface area contributed by atoms with Crippen LogP contribution in [-0.2, 0) is 19.2 Å². The van der Waals surface area contributed by atoms with Crippen molar-refractivity contribution < 1.29 is 19.2 Å². The van der Waals surface area contributed by atoms with E-state index >= 15 is 0 Å². The summed E-state index contributed by atoms with van der Waals surface area (Å²) in [7, 11) is 0. The Morgan fingerprint density at radius 2 is 1.55 bits per heavy atom. The third-order valence-electron chi connectivity index (χ3n) is 7.07. The molecule has 0 radical (unpaired) electrons. The van der Waals surface area contributed by atoms with Crippen LogP contribution < -0.4 is 4.90 Å². The third kappa shape index (κ3) is 2.48. The normalized spacial score (nSPS) is 31.5. The number of anilines is 1. The van der Waals surface area contributed by atoms with Gasteiger partial charge in [-0.15, -0.1) is 5.10 Å². The summed E-state index contributed by atoms with van der Waals surface area (Å²) in [6.45, 7) is 1.97. The van der Waals surface area contributed by atoms with Crippen LogP contribution in [0.3, 0.4) is 0 Å². The van der Waals surface area contributed by atoms with Crippen LogP contribution in [0.25, 0.3) is 5.69 Å². The number of benzene rings is 2. The lowest BCUT2D eigenvalue weighted by atomic mass is 9.72. The maximum atomic E-state index is 13.4. The fraction of sp³-hybridized carbons (Fsp3) is 0.292. The van der Waals surface area contributed by atoms with E-state index in [1.54, 1.807) is 18.3 Å². The fourth-order valence-corrected chi connectivity index (χ4v) is 5.58. The summed E-state index contributed by atoms with van der Waals surface area (Å²) < 4.78 is 6.16. The van der Waals surface area contributed by atoms with Gasteiger partial charge >= 0.3 is 0 Å². The van der Waals surface area contributed by atoms with Crippen LogP contribution in [-0.4, -0.2) is 50.8 Å². The summed E-state index contributed by atoms with van der Waals surface area (Å²) in [6, 6.07) is 17.0. The molecule has 3 saturated heterocycles. The van der Waals surface area contributed by atoms with E-state index in [-0.39, 0.29) is 17.7 Å². The van der Waals surface area contributed by atoms with Gasteiger partial charge in [-0.05, 0) is 31.2 Å². The van der Waals surface area contributed by atoms with Crippen LogP contribution in [0.5, 0.6) is 0 Å². The van der Waals surface area contributed by atoms with Crippen molar-refractivity contribution in [2.24, 2.45) is 22.9 Å². The number of rotatable bonds is 3. The fourth-order valence-electron chi connectivity index (χ4n) is 5.58. The topological polar surface area (TPSA) is 98.9 Å². The van der Waals surface area contributed by atoms with Gasteiger partial charge in [-0.3, -0.25) is 9.59 Å². The number of aromatic nitrogens is 3. The molecule has 3 fully saturated rings. The van der Waals surface area contributed by atoms with E-state index in [2.05, 4.69) is 15.4 Å². The molecule has 2 aromatic carbocycles. The zero-order chi connectivity index (χ0) is 22.3. The predicted molar refractivity (Wildman–Crippen MR) is 116 cm³/mol. The Labute approximate surface area is 188 Å². The van der Waals surface area contributed by atoms with Crippen LogP contribution in [0.1, 0.15) is 11.3 Å². The van der Waals surface area contributed by atoms with E-state index in [1.807, 2.05) is 49.4 Å². The highest BCUT2D eigenvalue weighted by molar-refractivity contribution is 6.23. The lowest BCUT2D eigenvalue weighted by Gasteiger charge is -2.25. The van der Waals surface area contributed by atoms with Crippen molar-refractivity contribution in [2.45, 2.75) is 25.2 Å². The standard InChI is InChI=1S/C24H19N5O4/c1-12-7-9-13(10-8-12)28-23(30)16-17(24(28)31)21-22-18(20(16)32-21)19(27-33-22)15-11-25-29(26-15)14-5-3-2-4-6-14/h2-11,16-18,20-22H,1H3. The lowest BCUT2D eigenvalue weighted by molar-refractivity contribution is -0.125. The first-order valence-electron chi connectivity index (χ1n) is 10.9. The molecule has 0 spiro atoms. The second kappa shape index (κ2) is 6.58. The number of hydrogen-bond donors (Lipinski definition) is 0. The number of aryl methyl sites for hydroxylation is 1. The maximum Gasteiger partial charge on any atom is 0.240 e. The Hall–Kier alpha value is -3.85. The number of fused-ring (bicyclic) bond motifs is 8. The molecule has 0 saturated carbocycles. The minimum Gasteiger partial charge on any atom is -0.389 e. The van der Waals surface area contributed by atoms with Gasteiger partial charge in [-0.1, -0.05) is 41.1 Å². The second-order valence-corrected chi connectivity index (χ2v) is 8.89. The zero-order valence-corrected chi connectivity index (χ0v) is 17.6. The monoisotopic (exact) mass is 441 g/mol. The molecule has 6 atom stereocenters. The van der Waals surface area contributed by atoms with Gasteiger partial charge in [0.15, 0.2) is 6.10 Å². The largest absolute Gasteiger partial charge is 0.389 e. The molecule has 3 aromatic rings. The third-order valence-corrected chi connectivity index (χ3v) is 7.07. The number of imide groups is 1. The molecule has 33 heavy (non-hydrogen) atoms. The van der Waals surface area contributed by atoms with Gasteiger partial charge in [-0.2, -0.15) is 9.90 Å². The Balaban J connectivity index is 1.20. The molecular formula is C24H19N5O4. The number of para-hydroxylation sites is 1. The minimum atomic E-state index is -0.556. The van der Waals surface area contributed by atoms with Crippen LogP contribution in [0, 0.1) is 24.7 Å². The summed E-state index contributed by atoms with van der Waals surface area (Å²) >= 11 is 0. The Kier molecular flexibility index (Phi) is 3.73. The molecule has 164 valence electrons. The highest BCUT2D eigenvalue weighted by atomic mass is 16.7. The van der Waals surface area contributed by atoms with Crippen LogP contribution in [0.15, 0.2) is 65.9 Å². The van der Waals surface area contributed by atoms with Gasteiger partial charge in [0.1, 0.15) is 17.5 Å². The van der Waals surface area contributed by atoms with Crippen LogP contribution in [0.4, 0.5) is 5.69 Å². The molecule has 0 aliphatic carbocycles. The van der Waals surface area contributed by atoms with Gasteiger partial charge in [0.2, 0.25) is 11.8 Å². The van der Waals surface area contributed by atoms with Crippen molar-refractivity contribution in [2.75, 3.05) is 4.90 Å². The van der Waals surface area contributed by atoms with Crippen molar-refractivity contribution in [3.05, 3.63) is 72.1 Å². The SMILES string of the molecule is Cc1ccc(N2C(=O)C3C4OC(C5C(c6cnn(-c7ccccc7)n6)=NOC45)C3C2=O)cc1. The smallest absolute Gasteiger partial charge is 0.240 e. The minimum absolute atomic E-state index is 0.223. The average molecular weight is 441 g/mol. The quantitative estimate of drug-likeness (QED) is 0.576. The van der Waals surface area contributed by atoms with E-state index in [1.165, 1.54) is 9.70 Å². The molecule has 0 N–H and O–H groups in total. The van der Waals surface area contributed by atoms with Crippen molar-refractivity contribution in [3.8, 4) is 5.69 Å². The van der Waals surface area contributed by atoms with E-state index in [0.29, 0.717) is 17.1 Å². The Morgan fingerprint density at radius 3 is 2.30 bits per heavy atom. The first-order chi connectivity index (χ1) is 16.1. The summed E-state index contributed by atoms with van der Waals surface area (Å²) in [5, 5.41) is 13.2. The molecule has 6 unspecified atom stereocenters. The van der Waals surface area contributed by atoms with Crippen molar-refractivity contribution in [3.63, 3.8) is 0 Å². The van der Waals surface area contributed by atoms with E-state index in [0.717, 1.165) is 11.3 Å². The highest BCUT2D eigenvalue weighted by Gasteiger charge is 2.72. The molecule has 7 rings (SSSR count). The van der Waals surface area contributed by atoms with Gasteiger partial charge in [0, 0.05) is 0 Å². The number of ether oxygens (including phenoxy) is 1. The molecule has 1 aromatic heterocycles. The number of nitrogens with zero attached hydrogens (tertiary/aromatic N) is 5. The predicted octanol–water partition coefficient (Wildman–Crippen LogP) is 1.88. The van der Waals surface area contributed by atoms with Crippen molar-refractivity contribution in [1.29, 1.82) is 0 Å². The zero-order valence-electron chi connectivity index (χ0n) is 17.6. The summed E-state index contributed by atoms with van der Waals surface area (Å²) in [5.41, 5.74) is 3.67. The number of oxime groups is 1. The highest BCUT2D eigenvalue weighted by Crippen LogP contribution is 2.55. The Bertz CT molecular complexity index is 1320. The molecule has 4 aliphatic rings. The first kappa shape index (κ1) is 18.7. The van der Waals surface area contributed by atoms with Gasteiger partial charge < -0.3 is 9.57 Å². The molecular weight excluding hydrogens is 422 g/mol. The van der Waals surface area contributed by atoms with Gasteiger partial charge in [0.05, 0.1) is 41.4 Å². The van der Waals surface area contributed by atoms with Gasteiger partial charge in [0.25, 0.3) is 0 Å². The summed E-state index contributed by atoms with van der Waals surface area (Å²) in [5.74, 6) is -1.83. The average Bonchev–Trinajstić information content (AvgIpc) is 3.63. The molecule has 2 bridgehead atoms. The van der Waals surface area contributed by atoms with E-state index < -0.39 is 30.1 Å². The molecule has 4 aliphatic heterocycles. The van der Waals surface area contributed by atoms with Crippen molar-refractivity contribution >= 4 is 23.2 Å². The Morgan fingerprint density at radius 1 is 0.818 bits per heavy atom. The molecule has 9 nitrogen and oxygen atoms in total. The summed E-state index contributed by atoms with van der Waals surface area (Å²) in [6.07, 6.45) is 0.228. The summed E-state index contributed by atoms with van der Waals surface area (Å²) in [4.78, 5) is 35.3. The number of hydrogen-bond acceptors (Lipinski definition) is 7. The molecule has 5 heterocycles. The second-order valence-electron chi connectivity index (χ2n) is 8.89. The van der Waals surface area contributed by atoms with Crippen LogP contribution >= 0.6 is 0 Å². The van der Waals surface area contributed by atoms with Gasteiger partial charge in [-0.25, -0.2) is 4.90 Å². The lowest BCUT2D eigenvalue weighted by Crippen LogP contribution is -2.45. The van der Waals surface area contributed by atoms with Crippen LogP contribution in [0.2, 0.25) is 0 Å². The van der Waals surface area contributed by atoms with E-state index in [4.69, 9.17) is 9.57 Å². The van der Waals surface area contributed by atoms with E-state index in [9.17, 15) is 9.59 Å². The van der Waals surface area contributed by atoms with Crippen molar-refractivity contribution in [1.82, 2.24) is 15.0 Å². The number of carbonyl (C=O) groups excluding carboxylic acids is 2. The molecule has 2 amide bonds. The maximum absolute atomic E-state index is 13.4. The molecule has 9 heteroatoms.